The van der Waals surface area contributed by atoms with E-state index in [0.717, 1.165) is 11.4 Å². The lowest BCUT2D eigenvalue weighted by Gasteiger charge is -2.10. The van der Waals surface area contributed by atoms with E-state index in [2.05, 4.69) is 15.0 Å². The summed E-state index contributed by atoms with van der Waals surface area (Å²) < 4.78 is 2.23. The van der Waals surface area contributed by atoms with E-state index in [1.807, 2.05) is 4.57 Å². The van der Waals surface area contributed by atoms with Gasteiger partial charge in [0.1, 0.15) is 11.8 Å². The Morgan fingerprint density at radius 2 is 2.35 bits per heavy atom. The lowest BCUT2D eigenvalue weighted by Crippen LogP contribution is -2.05. The molecule has 1 aliphatic rings. The van der Waals surface area contributed by atoms with Crippen LogP contribution in [0, 0.1) is 0 Å². The second-order valence-electron chi connectivity index (χ2n) is 3.52. The number of aliphatic hydroxyl groups is 1. The van der Waals surface area contributed by atoms with Crippen LogP contribution in [0.4, 0.5) is 0 Å². The average molecular weight is 289 g/mol. The van der Waals surface area contributed by atoms with Crippen LogP contribution in [0.5, 0.6) is 0 Å². The van der Waals surface area contributed by atoms with Crippen LogP contribution in [0.2, 0.25) is 5.15 Å². The van der Waals surface area contributed by atoms with Crippen molar-refractivity contribution in [1.82, 2.24) is 19.5 Å². The topological polar surface area (TPSA) is 63.8 Å². The third-order valence-corrected chi connectivity index (χ3v) is 5.93. The first kappa shape index (κ1) is 11.6. The summed E-state index contributed by atoms with van der Waals surface area (Å²) in [4.78, 5) is 12.4. The van der Waals surface area contributed by atoms with E-state index in [9.17, 15) is 0 Å². The van der Waals surface area contributed by atoms with Crippen LogP contribution in [0.25, 0.3) is 11.2 Å². The van der Waals surface area contributed by atoms with Gasteiger partial charge < -0.3 is 9.67 Å². The summed E-state index contributed by atoms with van der Waals surface area (Å²) in [6.07, 6.45) is 3.18. The molecule has 3 heterocycles. The molecule has 0 radical (unpaired) electrons. The maximum Gasteiger partial charge on any atom is 0.165 e. The molecule has 0 spiro atoms. The van der Waals surface area contributed by atoms with Crippen molar-refractivity contribution in [3.8, 4) is 0 Å². The van der Waals surface area contributed by atoms with Gasteiger partial charge in [-0.25, -0.2) is 15.0 Å². The predicted octanol–water partition coefficient (Wildman–Crippen LogP) is 1.78. The van der Waals surface area contributed by atoms with Crippen molar-refractivity contribution in [2.45, 2.75) is 9.96 Å². The number of hydrogen-bond acceptors (Lipinski definition) is 6. The van der Waals surface area contributed by atoms with E-state index in [4.69, 9.17) is 16.7 Å². The molecule has 0 saturated carbocycles. The fraction of sp³-hybridized carbons (Fsp3) is 0.444. The van der Waals surface area contributed by atoms with Crippen LogP contribution >= 0.6 is 35.1 Å². The van der Waals surface area contributed by atoms with Gasteiger partial charge in [0.15, 0.2) is 10.8 Å². The van der Waals surface area contributed by atoms with Gasteiger partial charge in [-0.3, -0.25) is 0 Å². The number of imidazole rings is 1. The molecule has 2 aromatic rings. The molecular weight excluding hydrogens is 280 g/mol. The summed E-state index contributed by atoms with van der Waals surface area (Å²) in [5.41, 5.74) is 1.38. The Hall–Kier alpha value is -0.500. The molecule has 90 valence electrons. The van der Waals surface area contributed by atoms with Gasteiger partial charge in [0.2, 0.25) is 0 Å². The molecule has 17 heavy (non-hydrogen) atoms. The van der Waals surface area contributed by atoms with Crippen molar-refractivity contribution < 1.29 is 5.11 Å². The van der Waals surface area contributed by atoms with Crippen molar-refractivity contribution in [3.05, 3.63) is 17.8 Å². The maximum atomic E-state index is 9.13. The Balaban J connectivity index is 1.99. The van der Waals surface area contributed by atoms with Crippen LogP contribution < -0.4 is 0 Å². The summed E-state index contributed by atoms with van der Waals surface area (Å²) in [7, 11) is 0. The summed E-state index contributed by atoms with van der Waals surface area (Å²) >= 11 is 9.42. The van der Waals surface area contributed by atoms with E-state index in [1.54, 1.807) is 29.9 Å². The van der Waals surface area contributed by atoms with Gasteiger partial charge in [-0.2, -0.15) is 0 Å². The molecule has 1 saturated heterocycles. The number of nitrogens with zero attached hydrogens (tertiary/aromatic N) is 4. The first-order valence-electron chi connectivity index (χ1n) is 5.00. The molecule has 0 unspecified atom stereocenters. The first-order chi connectivity index (χ1) is 8.29. The molecule has 2 atom stereocenters. The van der Waals surface area contributed by atoms with Crippen molar-refractivity contribution in [3.63, 3.8) is 0 Å². The quantitative estimate of drug-likeness (QED) is 0.850. The number of aromatic nitrogens is 4. The summed E-state index contributed by atoms with van der Waals surface area (Å²) in [6.45, 7) is 0.189. The Bertz CT molecular complexity index is 549. The summed E-state index contributed by atoms with van der Waals surface area (Å²) in [5.74, 6) is 0.934. The Morgan fingerprint density at radius 1 is 1.47 bits per heavy atom. The molecule has 8 heteroatoms. The SMILES string of the molecule is OC[C@@H]1SC[C@@H](n2cnc3c(Cl)ncnc32)S1. The Kier molecular flexibility index (Phi) is 3.16. The highest BCUT2D eigenvalue weighted by Gasteiger charge is 2.28. The summed E-state index contributed by atoms with van der Waals surface area (Å²) in [5, 5.41) is 9.75. The largest absolute Gasteiger partial charge is 0.394 e. The fourth-order valence-corrected chi connectivity index (χ4v) is 4.75. The molecule has 5 nitrogen and oxygen atoms in total. The van der Waals surface area contributed by atoms with Crippen LogP contribution in [0.15, 0.2) is 12.7 Å². The molecule has 1 N–H and O–H groups in total. The fourth-order valence-electron chi connectivity index (χ4n) is 1.72. The van der Waals surface area contributed by atoms with Crippen LogP contribution in [0.3, 0.4) is 0 Å². The summed E-state index contributed by atoms with van der Waals surface area (Å²) in [6, 6.07) is 0. The smallest absolute Gasteiger partial charge is 0.165 e. The zero-order valence-electron chi connectivity index (χ0n) is 8.65. The minimum Gasteiger partial charge on any atom is -0.394 e. The van der Waals surface area contributed by atoms with E-state index in [0.29, 0.717) is 10.7 Å². The lowest BCUT2D eigenvalue weighted by molar-refractivity contribution is 0.316. The highest BCUT2D eigenvalue weighted by atomic mass is 35.5. The van der Waals surface area contributed by atoms with Crippen molar-refractivity contribution >= 4 is 46.3 Å². The molecule has 0 bridgehead atoms. The number of thioether (sulfide) groups is 2. The molecule has 3 rings (SSSR count). The van der Waals surface area contributed by atoms with Gasteiger partial charge in [-0.1, -0.05) is 11.6 Å². The minimum atomic E-state index is 0.189. The maximum absolute atomic E-state index is 9.13. The first-order valence-corrected chi connectivity index (χ1v) is 7.37. The molecule has 1 aliphatic heterocycles. The van der Waals surface area contributed by atoms with Crippen LogP contribution in [-0.2, 0) is 0 Å². The van der Waals surface area contributed by atoms with Gasteiger partial charge in [-0.15, -0.1) is 23.5 Å². The van der Waals surface area contributed by atoms with Gasteiger partial charge in [0.25, 0.3) is 0 Å². The van der Waals surface area contributed by atoms with Gasteiger partial charge in [-0.05, 0) is 0 Å². The van der Waals surface area contributed by atoms with Crippen molar-refractivity contribution in [2.75, 3.05) is 12.4 Å². The zero-order chi connectivity index (χ0) is 11.8. The van der Waals surface area contributed by atoms with Crippen LogP contribution in [-0.4, -0.2) is 41.6 Å². The highest BCUT2D eigenvalue weighted by molar-refractivity contribution is 8.20. The van der Waals surface area contributed by atoms with E-state index in [-0.39, 0.29) is 16.6 Å². The number of aliphatic hydroxyl groups excluding tert-OH is 1. The zero-order valence-corrected chi connectivity index (χ0v) is 11.0. The van der Waals surface area contributed by atoms with E-state index in [1.165, 1.54) is 6.33 Å². The van der Waals surface area contributed by atoms with E-state index >= 15 is 0 Å². The van der Waals surface area contributed by atoms with Crippen molar-refractivity contribution in [1.29, 1.82) is 0 Å². The predicted molar refractivity (Wildman–Crippen MR) is 70.3 cm³/mol. The van der Waals surface area contributed by atoms with E-state index < -0.39 is 0 Å². The van der Waals surface area contributed by atoms with Gasteiger partial charge >= 0.3 is 0 Å². The number of fused-ring (bicyclic) bond motifs is 1. The number of hydrogen-bond donors (Lipinski definition) is 1. The van der Waals surface area contributed by atoms with Crippen molar-refractivity contribution in [2.24, 2.45) is 0 Å². The third kappa shape index (κ3) is 2.01. The molecule has 0 aliphatic carbocycles. The Morgan fingerprint density at radius 3 is 3.12 bits per heavy atom. The van der Waals surface area contributed by atoms with Gasteiger partial charge in [0, 0.05) is 5.75 Å². The Labute approximate surface area is 111 Å². The molecule has 2 aromatic heterocycles. The molecule has 1 fully saturated rings. The second kappa shape index (κ2) is 4.64. The standard InChI is InChI=1S/C9H9ClN4OS2/c10-8-7-9(12-3-11-8)14(4-13-7)5-2-16-6(1-15)17-5/h3-6,15H,1-2H2/t5-,6+/m0/s1. The molecule has 0 aromatic carbocycles. The number of halogens is 1. The average Bonchev–Trinajstić information content (AvgIpc) is 2.94. The normalized spacial score (nSPS) is 24.6. The number of rotatable bonds is 2. The third-order valence-electron chi connectivity index (χ3n) is 2.51. The monoisotopic (exact) mass is 288 g/mol. The molecular formula is C9H9ClN4OS2. The highest BCUT2D eigenvalue weighted by Crippen LogP contribution is 2.44. The minimum absolute atomic E-state index is 0.189. The lowest BCUT2D eigenvalue weighted by atomic mass is 10.5. The van der Waals surface area contributed by atoms with Gasteiger partial charge in [0.05, 0.1) is 22.9 Å². The van der Waals surface area contributed by atoms with Crippen LogP contribution in [0.1, 0.15) is 5.37 Å². The molecule has 0 amide bonds. The second-order valence-corrected chi connectivity index (χ2v) is 6.80.